The summed E-state index contributed by atoms with van der Waals surface area (Å²) in [7, 11) is -2.84. The minimum atomic E-state index is -2.84. The normalized spacial score (nSPS) is 15.3. The van der Waals surface area contributed by atoms with Crippen LogP contribution < -0.4 is 5.32 Å². The van der Waals surface area contributed by atoms with Gasteiger partial charge in [-0.15, -0.1) is 0 Å². The Kier molecular flexibility index (Phi) is 5.71. The van der Waals surface area contributed by atoms with Gasteiger partial charge in [0.15, 0.2) is 0 Å². The number of nitrogens with zero attached hydrogens (tertiary/aromatic N) is 1. The lowest BCUT2D eigenvalue weighted by Gasteiger charge is -2.21. The molecule has 0 fully saturated rings. The van der Waals surface area contributed by atoms with E-state index in [2.05, 4.69) is 9.68 Å². The van der Waals surface area contributed by atoms with Gasteiger partial charge in [0.05, 0.1) is 9.73 Å². The Hall–Kier alpha value is -1.89. The molecule has 1 N–H and O–H groups in total. The van der Waals surface area contributed by atoms with Crippen LogP contribution in [0.4, 0.5) is 4.79 Å². The van der Waals surface area contributed by atoms with Crippen molar-refractivity contribution in [3.8, 4) is 0 Å². The van der Waals surface area contributed by atoms with Crippen LogP contribution in [0.5, 0.6) is 0 Å². The molecular weight excluding hydrogens is 304 g/mol. The third kappa shape index (κ3) is 5.85. The summed E-state index contributed by atoms with van der Waals surface area (Å²) in [4.78, 5) is 24.1. The molecule has 0 aliphatic heterocycles. The maximum absolute atomic E-state index is 12.5. The molecule has 0 aromatic heterocycles. The van der Waals surface area contributed by atoms with Gasteiger partial charge in [0.2, 0.25) is 0 Å². The molecule has 22 heavy (non-hydrogen) atoms. The molecule has 7 heteroatoms. The van der Waals surface area contributed by atoms with Crippen molar-refractivity contribution in [1.29, 1.82) is 0 Å². The van der Waals surface area contributed by atoms with Gasteiger partial charge in [-0.3, -0.25) is 4.79 Å². The van der Waals surface area contributed by atoms with Crippen molar-refractivity contribution in [3.63, 3.8) is 0 Å². The summed E-state index contributed by atoms with van der Waals surface area (Å²) in [5.74, 6) is -0.665. The van der Waals surface area contributed by atoms with Gasteiger partial charge < -0.3 is 10.1 Å². The van der Waals surface area contributed by atoms with Crippen LogP contribution in [0, 0.1) is 0 Å². The number of ether oxygens (including phenoxy) is 1. The van der Waals surface area contributed by atoms with Gasteiger partial charge in [0, 0.05) is 11.2 Å². The van der Waals surface area contributed by atoms with Gasteiger partial charge >= 0.3 is 6.09 Å². The average molecular weight is 326 g/mol. The predicted molar refractivity (Wildman–Crippen MR) is 85.0 cm³/mol. The Morgan fingerprint density at radius 2 is 1.77 bits per heavy atom. The van der Waals surface area contributed by atoms with Crippen molar-refractivity contribution in [2.75, 3.05) is 6.26 Å². The molecule has 122 valence electrons. The monoisotopic (exact) mass is 326 g/mol. The van der Waals surface area contributed by atoms with E-state index in [1.807, 2.05) is 0 Å². The molecule has 0 aliphatic carbocycles. The number of alkyl carbamates (subject to hydrolysis) is 1. The van der Waals surface area contributed by atoms with Crippen LogP contribution in [0.25, 0.3) is 0 Å². The van der Waals surface area contributed by atoms with E-state index in [1.165, 1.54) is 13.2 Å². The second kappa shape index (κ2) is 6.91. The maximum Gasteiger partial charge on any atom is 0.408 e. The minimum Gasteiger partial charge on any atom is -0.444 e. The van der Waals surface area contributed by atoms with Crippen molar-refractivity contribution in [3.05, 3.63) is 30.3 Å². The summed E-state index contributed by atoms with van der Waals surface area (Å²) < 4.78 is 21.3. The fourth-order valence-corrected chi connectivity index (χ4v) is 2.79. The zero-order valence-corrected chi connectivity index (χ0v) is 14.3. The SMILES string of the molecule is C[C@H](NC(=O)OC(C)(C)C)C(=O)N=[S@@](C)(=O)c1ccccc1. The molecule has 0 bridgehead atoms. The Morgan fingerprint density at radius 1 is 1.23 bits per heavy atom. The van der Waals surface area contributed by atoms with E-state index in [0.29, 0.717) is 4.90 Å². The number of hydrogen-bond acceptors (Lipinski definition) is 4. The second-order valence-electron chi connectivity index (χ2n) is 5.91. The molecule has 0 saturated carbocycles. The predicted octanol–water partition coefficient (Wildman–Crippen LogP) is 2.58. The third-order valence-corrected chi connectivity index (χ3v) is 4.22. The first-order valence-corrected chi connectivity index (χ1v) is 8.74. The quantitative estimate of drug-likeness (QED) is 0.925. The van der Waals surface area contributed by atoms with Gasteiger partial charge in [-0.1, -0.05) is 18.2 Å². The standard InChI is InChI=1S/C15H22N2O4S/c1-11(16-14(19)21-15(2,3)4)13(18)17-22(5,20)12-9-7-6-8-10-12/h6-11H,1-5H3,(H,16,19)/t11-,22-/m0/s1. The Bertz CT molecular complexity index is 656. The Labute approximate surface area is 131 Å². The molecule has 1 rings (SSSR count). The highest BCUT2D eigenvalue weighted by Gasteiger charge is 2.21. The molecule has 0 spiro atoms. The molecule has 1 aromatic carbocycles. The largest absolute Gasteiger partial charge is 0.444 e. The van der Waals surface area contributed by atoms with E-state index in [0.717, 1.165) is 0 Å². The lowest BCUT2D eigenvalue weighted by atomic mass is 10.2. The van der Waals surface area contributed by atoms with Crippen LogP contribution in [0.15, 0.2) is 39.6 Å². The summed E-state index contributed by atoms with van der Waals surface area (Å²) in [6, 6.07) is 7.60. The number of hydrogen-bond donors (Lipinski definition) is 1. The molecule has 0 unspecified atom stereocenters. The zero-order valence-electron chi connectivity index (χ0n) is 13.5. The van der Waals surface area contributed by atoms with Crippen molar-refractivity contribution in [1.82, 2.24) is 5.32 Å². The highest BCUT2D eigenvalue weighted by atomic mass is 32.2. The molecule has 1 aromatic rings. The average Bonchev–Trinajstić information content (AvgIpc) is 2.36. The molecule has 6 nitrogen and oxygen atoms in total. The van der Waals surface area contributed by atoms with Gasteiger partial charge in [-0.25, -0.2) is 9.00 Å². The first kappa shape index (κ1) is 18.2. The summed E-state index contributed by atoms with van der Waals surface area (Å²) in [6.45, 7) is 6.63. The van der Waals surface area contributed by atoms with Crippen LogP contribution in [0.3, 0.4) is 0 Å². The third-order valence-electron chi connectivity index (χ3n) is 2.55. The fourth-order valence-electron chi connectivity index (χ4n) is 1.52. The van der Waals surface area contributed by atoms with Crippen LogP contribution in [0.1, 0.15) is 27.7 Å². The molecular formula is C15H22N2O4S. The highest BCUT2D eigenvalue weighted by molar-refractivity contribution is 7.93. The van der Waals surface area contributed by atoms with E-state index < -0.39 is 33.4 Å². The van der Waals surface area contributed by atoms with E-state index >= 15 is 0 Å². The number of carbonyl (C=O) groups is 2. The lowest BCUT2D eigenvalue weighted by molar-refractivity contribution is -0.119. The fraction of sp³-hybridized carbons (Fsp3) is 0.467. The van der Waals surface area contributed by atoms with E-state index in [9.17, 15) is 13.8 Å². The van der Waals surface area contributed by atoms with Crippen LogP contribution >= 0.6 is 0 Å². The summed E-state index contributed by atoms with van der Waals surface area (Å²) >= 11 is 0. The highest BCUT2D eigenvalue weighted by Crippen LogP contribution is 2.11. The minimum absolute atomic E-state index is 0.466. The van der Waals surface area contributed by atoms with Gasteiger partial charge in [0.1, 0.15) is 11.6 Å². The first-order chi connectivity index (χ1) is 10.0. The molecule has 0 radical (unpaired) electrons. The number of rotatable bonds is 3. The maximum atomic E-state index is 12.5. The number of benzene rings is 1. The topological polar surface area (TPSA) is 84.8 Å². The number of nitrogens with one attached hydrogen (secondary N) is 1. The lowest BCUT2D eigenvalue weighted by Crippen LogP contribution is -2.41. The van der Waals surface area contributed by atoms with Gasteiger partial charge in [0.25, 0.3) is 5.91 Å². The first-order valence-electron chi connectivity index (χ1n) is 6.82. The van der Waals surface area contributed by atoms with Crippen LogP contribution in [-0.4, -0.2) is 34.1 Å². The van der Waals surface area contributed by atoms with Crippen molar-refractivity contribution >= 4 is 21.7 Å². The summed E-state index contributed by atoms with van der Waals surface area (Å²) in [5, 5.41) is 2.38. The Balaban J connectivity index is 2.82. The smallest absolute Gasteiger partial charge is 0.408 e. The van der Waals surface area contributed by atoms with Crippen LogP contribution in [0.2, 0.25) is 0 Å². The van der Waals surface area contributed by atoms with E-state index in [1.54, 1.807) is 51.1 Å². The van der Waals surface area contributed by atoms with Gasteiger partial charge in [-0.2, -0.15) is 4.36 Å². The summed E-state index contributed by atoms with van der Waals surface area (Å²) in [6.07, 6.45) is 0.673. The molecule has 0 saturated heterocycles. The molecule has 0 aliphatic rings. The summed E-state index contributed by atoms with van der Waals surface area (Å²) in [5.41, 5.74) is -0.660. The molecule has 0 heterocycles. The van der Waals surface area contributed by atoms with Crippen molar-refractivity contribution < 1.29 is 18.5 Å². The Morgan fingerprint density at radius 3 is 2.27 bits per heavy atom. The number of carbonyl (C=O) groups excluding carboxylic acids is 2. The van der Waals surface area contributed by atoms with Gasteiger partial charge in [-0.05, 0) is 39.8 Å². The molecule has 2 amide bonds. The molecule has 2 atom stereocenters. The van der Waals surface area contributed by atoms with E-state index in [4.69, 9.17) is 4.74 Å². The zero-order chi connectivity index (χ0) is 17.0. The second-order valence-corrected chi connectivity index (χ2v) is 8.17. The van der Waals surface area contributed by atoms with Crippen LogP contribution in [-0.2, 0) is 19.3 Å². The number of amides is 2. The van der Waals surface area contributed by atoms with Crippen molar-refractivity contribution in [2.24, 2.45) is 4.36 Å². The van der Waals surface area contributed by atoms with E-state index in [-0.39, 0.29) is 0 Å². The van der Waals surface area contributed by atoms with Crippen molar-refractivity contribution in [2.45, 2.75) is 44.2 Å².